The van der Waals surface area contributed by atoms with Crippen LogP contribution in [0.2, 0.25) is 0 Å². The van der Waals surface area contributed by atoms with Crippen LogP contribution in [0.25, 0.3) is 0 Å². The number of anilines is 2. The van der Waals surface area contributed by atoms with Gasteiger partial charge in [-0.2, -0.15) is 0 Å². The van der Waals surface area contributed by atoms with E-state index < -0.39 is 0 Å². The zero-order chi connectivity index (χ0) is 12.3. The van der Waals surface area contributed by atoms with Gasteiger partial charge in [-0.15, -0.1) is 0 Å². The van der Waals surface area contributed by atoms with Gasteiger partial charge >= 0.3 is 0 Å². The topological polar surface area (TPSA) is 82.3 Å². The first-order chi connectivity index (χ1) is 8.14. The van der Waals surface area contributed by atoms with Crippen molar-refractivity contribution in [1.29, 1.82) is 0 Å². The fraction of sp³-hybridized carbons (Fsp3) is 0.636. The van der Waals surface area contributed by atoms with Gasteiger partial charge in [-0.05, 0) is 19.8 Å². The molecule has 2 rings (SSSR count). The van der Waals surface area contributed by atoms with Crippen LogP contribution in [-0.4, -0.2) is 35.8 Å². The minimum absolute atomic E-state index is 0.133. The van der Waals surface area contributed by atoms with Crippen LogP contribution >= 0.6 is 0 Å². The molecule has 1 fully saturated rings. The molecule has 0 aromatic carbocycles. The van der Waals surface area contributed by atoms with Crippen molar-refractivity contribution in [3.8, 4) is 5.75 Å². The number of rotatable bonds is 3. The van der Waals surface area contributed by atoms with Crippen LogP contribution in [0, 0.1) is 0 Å². The van der Waals surface area contributed by atoms with Gasteiger partial charge in [0.2, 0.25) is 5.75 Å². The van der Waals surface area contributed by atoms with E-state index in [1.165, 1.54) is 6.33 Å². The van der Waals surface area contributed by atoms with Crippen LogP contribution in [-0.2, 0) is 4.74 Å². The average molecular weight is 238 g/mol. The third kappa shape index (κ3) is 2.58. The quantitative estimate of drug-likeness (QED) is 0.819. The molecule has 1 aliphatic heterocycles. The Kier molecular flexibility index (Phi) is 3.33. The van der Waals surface area contributed by atoms with E-state index in [1.807, 2.05) is 0 Å². The lowest BCUT2D eigenvalue weighted by Gasteiger charge is -2.35. The van der Waals surface area contributed by atoms with Crippen LogP contribution in [0.4, 0.5) is 11.6 Å². The molecule has 1 aromatic heterocycles. The second-order valence-electron chi connectivity index (χ2n) is 4.48. The van der Waals surface area contributed by atoms with E-state index in [9.17, 15) is 0 Å². The van der Waals surface area contributed by atoms with E-state index in [2.05, 4.69) is 22.2 Å². The number of hydrogen-bond acceptors (Lipinski definition) is 6. The van der Waals surface area contributed by atoms with Gasteiger partial charge in [0.05, 0.1) is 19.3 Å². The summed E-state index contributed by atoms with van der Waals surface area (Å²) in [5, 5.41) is 3.34. The van der Waals surface area contributed by atoms with Gasteiger partial charge in [0.25, 0.3) is 0 Å². The molecule has 0 bridgehead atoms. The van der Waals surface area contributed by atoms with Crippen molar-refractivity contribution in [2.24, 2.45) is 0 Å². The van der Waals surface area contributed by atoms with Crippen molar-refractivity contribution in [3.05, 3.63) is 6.33 Å². The molecule has 17 heavy (non-hydrogen) atoms. The first-order valence-corrected chi connectivity index (χ1v) is 5.65. The summed E-state index contributed by atoms with van der Waals surface area (Å²) in [6.45, 7) is 3.57. The molecule has 2 heterocycles. The van der Waals surface area contributed by atoms with Crippen molar-refractivity contribution in [1.82, 2.24) is 9.97 Å². The molecular weight excluding hydrogens is 220 g/mol. The number of ether oxygens (including phenoxy) is 2. The molecule has 0 spiro atoms. The normalized spacial score (nSPS) is 24.4. The van der Waals surface area contributed by atoms with Crippen molar-refractivity contribution < 1.29 is 9.47 Å². The average Bonchev–Trinajstić information content (AvgIpc) is 2.30. The number of hydrogen-bond donors (Lipinski definition) is 2. The van der Waals surface area contributed by atoms with Crippen LogP contribution in [0.15, 0.2) is 6.33 Å². The smallest absolute Gasteiger partial charge is 0.203 e. The molecule has 6 nitrogen and oxygen atoms in total. The highest BCUT2D eigenvalue weighted by Crippen LogP contribution is 2.31. The van der Waals surface area contributed by atoms with Gasteiger partial charge in [0.15, 0.2) is 11.6 Å². The fourth-order valence-electron chi connectivity index (χ4n) is 2.00. The molecule has 3 N–H and O–H groups in total. The van der Waals surface area contributed by atoms with Gasteiger partial charge < -0.3 is 20.5 Å². The third-order valence-corrected chi connectivity index (χ3v) is 2.89. The summed E-state index contributed by atoms with van der Waals surface area (Å²) in [6.07, 6.45) is 3.49. The number of nitrogens with two attached hydrogens (primary N) is 1. The summed E-state index contributed by atoms with van der Waals surface area (Å²) in [6, 6.07) is 0. The van der Waals surface area contributed by atoms with Crippen LogP contribution in [0.5, 0.6) is 5.75 Å². The highest BCUT2D eigenvalue weighted by atomic mass is 16.5. The number of nitrogens with one attached hydrogen (secondary N) is 1. The Hall–Kier alpha value is -1.56. The number of nitrogen functional groups attached to an aromatic ring is 1. The van der Waals surface area contributed by atoms with Crippen LogP contribution in [0.1, 0.15) is 19.8 Å². The van der Waals surface area contributed by atoms with Gasteiger partial charge in [-0.25, -0.2) is 9.97 Å². The lowest BCUT2D eigenvalue weighted by atomic mass is 9.95. The monoisotopic (exact) mass is 238 g/mol. The summed E-state index contributed by atoms with van der Waals surface area (Å²) >= 11 is 0. The Bertz CT molecular complexity index is 391. The molecule has 1 unspecified atom stereocenters. The van der Waals surface area contributed by atoms with Crippen LogP contribution < -0.4 is 15.8 Å². The first kappa shape index (κ1) is 11.9. The highest BCUT2D eigenvalue weighted by molar-refractivity contribution is 5.62. The van der Waals surface area contributed by atoms with E-state index in [1.54, 1.807) is 7.11 Å². The van der Waals surface area contributed by atoms with Gasteiger partial charge in [-0.1, -0.05) is 0 Å². The lowest BCUT2D eigenvalue weighted by molar-refractivity contribution is 0.0538. The number of nitrogens with zero attached hydrogens (tertiary/aromatic N) is 2. The fourth-order valence-corrected chi connectivity index (χ4v) is 2.00. The van der Waals surface area contributed by atoms with Crippen molar-refractivity contribution in [2.45, 2.75) is 25.3 Å². The Morgan fingerprint density at radius 1 is 1.53 bits per heavy atom. The van der Waals surface area contributed by atoms with Crippen LogP contribution in [0.3, 0.4) is 0 Å². The second kappa shape index (κ2) is 4.75. The van der Waals surface area contributed by atoms with E-state index in [0.29, 0.717) is 24.0 Å². The summed E-state index contributed by atoms with van der Waals surface area (Å²) < 4.78 is 10.7. The van der Waals surface area contributed by atoms with Crippen molar-refractivity contribution in [3.63, 3.8) is 0 Å². The molecule has 1 aromatic rings. The number of methoxy groups -OCH3 is 1. The maximum Gasteiger partial charge on any atom is 0.203 e. The van der Waals surface area contributed by atoms with Gasteiger partial charge in [0, 0.05) is 6.61 Å². The van der Waals surface area contributed by atoms with Crippen molar-refractivity contribution >= 4 is 11.6 Å². The summed E-state index contributed by atoms with van der Waals surface area (Å²) in [7, 11) is 1.56. The largest absolute Gasteiger partial charge is 0.490 e. The minimum atomic E-state index is -0.133. The van der Waals surface area contributed by atoms with E-state index in [0.717, 1.165) is 19.4 Å². The molecule has 1 aliphatic rings. The Balaban J connectivity index is 2.20. The lowest BCUT2D eigenvalue weighted by Crippen LogP contribution is -2.43. The molecule has 0 radical (unpaired) electrons. The summed E-state index contributed by atoms with van der Waals surface area (Å²) in [4.78, 5) is 8.06. The third-order valence-electron chi connectivity index (χ3n) is 2.89. The van der Waals surface area contributed by atoms with Crippen molar-refractivity contribution in [2.75, 3.05) is 31.4 Å². The molecule has 0 saturated carbocycles. The summed E-state index contributed by atoms with van der Waals surface area (Å²) in [5.74, 6) is 1.44. The molecule has 6 heteroatoms. The number of aromatic nitrogens is 2. The SMILES string of the molecule is COc1c(N)ncnc1NC1(C)CCCOC1. The first-order valence-electron chi connectivity index (χ1n) is 5.65. The molecular formula is C11H18N4O2. The zero-order valence-corrected chi connectivity index (χ0v) is 10.2. The standard InChI is InChI=1S/C11H18N4O2/c1-11(4-3-5-17-6-11)15-10-8(16-2)9(12)13-7-14-10/h7H,3-6H2,1-2H3,(H3,12,13,14,15). The Labute approximate surface area is 101 Å². The van der Waals surface area contributed by atoms with Gasteiger partial charge in [-0.3, -0.25) is 0 Å². The second-order valence-corrected chi connectivity index (χ2v) is 4.48. The van der Waals surface area contributed by atoms with Gasteiger partial charge in [0.1, 0.15) is 6.33 Å². The maximum absolute atomic E-state index is 5.73. The summed E-state index contributed by atoms with van der Waals surface area (Å²) in [5.41, 5.74) is 5.60. The highest BCUT2D eigenvalue weighted by Gasteiger charge is 2.29. The Morgan fingerprint density at radius 2 is 2.35 bits per heavy atom. The molecule has 1 saturated heterocycles. The van der Waals surface area contributed by atoms with E-state index in [-0.39, 0.29) is 5.54 Å². The zero-order valence-electron chi connectivity index (χ0n) is 10.2. The molecule has 94 valence electrons. The maximum atomic E-state index is 5.73. The predicted molar refractivity (Wildman–Crippen MR) is 65.1 cm³/mol. The predicted octanol–water partition coefficient (Wildman–Crippen LogP) is 1.05. The minimum Gasteiger partial charge on any atom is -0.490 e. The van der Waals surface area contributed by atoms with E-state index >= 15 is 0 Å². The molecule has 1 atom stereocenters. The molecule has 0 aliphatic carbocycles. The Morgan fingerprint density at radius 3 is 3.00 bits per heavy atom. The molecule has 0 amide bonds. The van der Waals surface area contributed by atoms with E-state index in [4.69, 9.17) is 15.2 Å².